The molecule has 144 valence electrons. The fraction of sp³-hybridized carbons (Fsp3) is 0.381. The fourth-order valence-electron chi connectivity index (χ4n) is 3.09. The van der Waals surface area contributed by atoms with Crippen LogP contribution in [0.4, 0.5) is 10.5 Å². The molecule has 5 nitrogen and oxygen atoms in total. The van der Waals surface area contributed by atoms with E-state index in [1.807, 2.05) is 30.5 Å². The average molecular weight is 385 g/mol. The van der Waals surface area contributed by atoms with E-state index in [0.717, 1.165) is 48.9 Å². The number of rotatable bonds is 6. The summed E-state index contributed by atoms with van der Waals surface area (Å²) < 4.78 is 0. The number of amides is 2. The summed E-state index contributed by atoms with van der Waals surface area (Å²) in [5.74, 6) is 0. The van der Waals surface area contributed by atoms with Crippen LogP contribution in [0, 0.1) is 0 Å². The highest BCUT2D eigenvalue weighted by atomic mass is 32.2. The van der Waals surface area contributed by atoms with E-state index in [0.29, 0.717) is 6.54 Å². The number of likely N-dealkylation sites (N-methyl/N-ethyl adjacent to an activating group) is 1. The number of thioether (sulfide) groups is 1. The summed E-state index contributed by atoms with van der Waals surface area (Å²) in [5, 5.41) is 5.80. The maximum atomic E-state index is 12.1. The van der Waals surface area contributed by atoms with Crippen LogP contribution in [0.5, 0.6) is 0 Å². The standard InChI is InChI=1S/C21H28N4OS/c1-24-10-12-25(13-11-24)16-18-8-6-17(7-9-18)15-22-21(26)23-19-4-3-5-20(14-19)27-2/h3-9,14H,10-13,15-16H2,1-2H3,(H2,22,23,26). The van der Waals surface area contributed by atoms with Gasteiger partial charge in [-0.3, -0.25) is 4.90 Å². The van der Waals surface area contributed by atoms with E-state index in [-0.39, 0.29) is 6.03 Å². The molecule has 0 bridgehead atoms. The van der Waals surface area contributed by atoms with Crippen LogP contribution in [0.15, 0.2) is 53.4 Å². The van der Waals surface area contributed by atoms with Gasteiger partial charge in [0.15, 0.2) is 0 Å². The molecule has 2 N–H and O–H groups in total. The number of urea groups is 1. The third kappa shape index (κ3) is 6.27. The van der Waals surface area contributed by atoms with Crippen LogP contribution in [-0.4, -0.2) is 55.3 Å². The highest BCUT2D eigenvalue weighted by Gasteiger charge is 2.13. The molecule has 2 aromatic rings. The van der Waals surface area contributed by atoms with Crippen molar-refractivity contribution in [2.45, 2.75) is 18.0 Å². The first-order chi connectivity index (χ1) is 13.1. The number of piperazine rings is 1. The molecular formula is C21H28N4OS. The minimum atomic E-state index is -0.185. The third-order valence-electron chi connectivity index (χ3n) is 4.81. The molecule has 1 fully saturated rings. The second-order valence-corrected chi connectivity index (χ2v) is 7.82. The zero-order valence-electron chi connectivity index (χ0n) is 16.1. The van der Waals surface area contributed by atoms with Gasteiger partial charge in [0.25, 0.3) is 0 Å². The summed E-state index contributed by atoms with van der Waals surface area (Å²) in [7, 11) is 2.18. The van der Waals surface area contributed by atoms with E-state index in [4.69, 9.17) is 0 Å². The molecule has 6 heteroatoms. The number of carbonyl (C=O) groups is 1. The minimum Gasteiger partial charge on any atom is -0.334 e. The van der Waals surface area contributed by atoms with E-state index in [2.05, 4.69) is 51.7 Å². The van der Waals surface area contributed by atoms with Gasteiger partial charge in [-0.05, 0) is 42.6 Å². The number of nitrogens with one attached hydrogen (secondary N) is 2. The summed E-state index contributed by atoms with van der Waals surface area (Å²) in [6, 6.07) is 16.2. The van der Waals surface area contributed by atoms with Gasteiger partial charge in [-0.25, -0.2) is 4.79 Å². The Bertz CT molecular complexity index is 742. The molecule has 0 radical (unpaired) electrons. The summed E-state index contributed by atoms with van der Waals surface area (Å²) >= 11 is 1.66. The topological polar surface area (TPSA) is 47.6 Å². The SMILES string of the molecule is CSc1cccc(NC(=O)NCc2ccc(CN3CCN(C)CC3)cc2)c1. The van der Waals surface area contributed by atoms with Crippen molar-refractivity contribution in [3.05, 3.63) is 59.7 Å². The fourth-order valence-corrected chi connectivity index (χ4v) is 3.54. The van der Waals surface area contributed by atoms with Gasteiger partial charge < -0.3 is 15.5 Å². The molecular weight excluding hydrogens is 356 g/mol. The first-order valence-corrected chi connectivity index (χ1v) is 10.5. The molecule has 2 aromatic carbocycles. The number of nitrogens with zero attached hydrogens (tertiary/aromatic N) is 2. The predicted octanol–water partition coefficient (Wildman–Crippen LogP) is 3.48. The molecule has 1 heterocycles. The van der Waals surface area contributed by atoms with Crippen LogP contribution in [0.2, 0.25) is 0 Å². The highest BCUT2D eigenvalue weighted by Crippen LogP contribution is 2.18. The molecule has 27 heavy (non-hydrogen) atoms. The Morgan fingerprint density at radius 2 is 1.74 bits per heavy atom. The van der Waals surface area contributed by atoms with E-state index in [9.17, 15) is 4.79 Å². The Morgan fingerprint density at radius 1 is 1.04 bits per heavy atom. The molecule has 0 unspecified atom stereocenters. The van der Waals surface area contributed by atoms with Gasteiger partial charge in [-0.2, -0.15) is 0 Å². The summed E-state index contributed by atoms with van der Waals surface area (Å²) in [6.07, 6.45) is 2.02. The number of hydrogen-bond acceptors (Lipinski definition) is 4. The van der Waals surface area contributed by atoms with Gasteiger partial charge in [0.1, 0.15) is 0 Å². The van der Waals surface area contributed by atoms with Crippen molar-refractivity contribution >= 4 is 23.5 Å². The molecule has 0 saturated carbocycles. The third-order valence-corrected chi connectivity index (χ3v) is 5.53. The van der Waals surface area contributed by atoms with Gasteiger partial charge >= 0.3 is 6.03 Å². The zero-order valence-corrected chi connectivity index (χ0v) is 16.9. The van der Waals surface area contributed by atoms with Gasteiger partial charge in [-0.1, -0.05) is 30.3 Å². The first-order valence-electron chi connectivity index (χ1n) is 9.30. The molecule has 1 aliphatic heterocycles. The molecule has 1 saturated heterocycles. The van der Waals surface area contributed by atoms with E-state index >= 15 is 0 Å². The van der Waals surface area contributed by atoms with Gasteiger partial charge in [0.05, 0.1) is 0 Å². The molecule has 0 aliphatic carbocycles. The quantitative estimate of drug-likeness (QED) is 0.749. The Balaban J connectivity index is 1.44. The predicted molar refractivity (Wildman–Crippen MR) is 113 cm³/mol. The zero-order chi connectivity index (χ0) is 19.1. The largest absolute Gasteiger partial charge is 0.334 e. The summed E-state index contributed by atoms with van der Waals surface area (Å²) in [4.78, 5) is 18.1. The monoisotopic (exact) mass is 384 g/mol. The average Bonchev–Trinajstić information content (AvgIpc) is 2.69. The first kappa shape index (κ1) is 19.7. The number of anilines is 1. The molecule has 3 rings (SSSR count). The molecule has 2 amide bonds. The molecule has 0 atom stereocenters. The maximum Gasteiger partial charge on any atom is 0.319 e. The van der Waals surface area contributed by atoms with Crippen LogP contribution < -0.4 is 10.6 Å². The number of hydrogen-bond donors (Lipinski definition) is 2. The lowest BCUT2D eigenvalue weighted by atomic mass is 10.1. The summed E-state index contributed by atoms with van der Waals surface area (Å²) in [5.41, 5.74) is 3.23. The lowest BCUT2D eigenvalue weighted by Gasteiger charge is -2.32. The van der Waals surface area contributed by atoms with Crippen molar-refractivity contribution in [1.29, 1.82) is 0 Å². The molecule has 0 aromatic heterocycles. The van der Waals surface area contributed by atoms with Gasteiger partial charge in [-0.15, -0.1) is 11.8 Å². The Kier molecular flexibility index (Phi) is 7.15. The summed E-state index contributed by atoms with van der Waals surface area (Å²) in [6.45, 7) is 6.03. The highest BCUT2D eigenvalue weighted by molar-refractivity contribution is 7.98. The minimum absolute atomic E-state index is 0.185. The normalized spacial score (nSPS) is 15.5. The van der Waals surface area contributed by atoms with Crippen molar-refractivity contribution in [3.63, 3.8) is 0 Å². The number of carbonyl (C=O) groups excluding carboxylic acids is 1. The van der Waals surface area contributed by atoms with Crippen LogP contribution in [-0.2, 0) is 13.1 Å². The smallest absolute Gasteiger partial charge is 0.319 e. The van der Waals surface area contributed by atoms with E-state index in [1.54, 1.807) is 11.8 Å². The molecule has 1 aliphatic rings. The Labute approximate surface area is 166 Å². The lowest BCUT2D eigenvalue weighted by Crippen LogP contribution is -2.43. The Morgan fingerprint density at radius 3 is 2.44 bits per heavy atom. The van der Waals surface area contributed by atoms with Gasteiger partial charge in [0.2, 0.25) is 0 Å². The molecule has 0 spiro atoms. The maximum absolute atomic E-state index is 12.1. The van der Waals surface area contributed by atoms with Crippen LogP contribution in [0.25, 0.3) is 0 Å². The van der Waals surface area contributed by atoms with E-state index in [1.165, 1.54) is 5.56 Å². The number of benzene rings is 2. The van der Waals surface area contributed by atoms with E-state index < -0.39 is 0 Å². The van der Waals surface area contributed by atoms with Gasteiger partial charge in [0, 0.05) is 49.9 Å². The van der Waals surface area contributed by atoms with Crippen molar-refractivity contribution in [3.8, 4) is 0 Å². The van der Waals surface area contributed by atoms with Crippen molar-refractivity contribution < 1.29 is 4.79 Å². The Hall–Kier alpha value is -2.02. The second kappa shape index (κ2) is 9.78. The van der Waals surface area contributed by atoms with Crippen molar-refractivity contribution in [2.24, 2.45) is 0 Å². The van der Waals surface area contributed by atoms with Crippen LogP contribution >= 0.6 is 11.8 Å². The van der Waals surface area contributed by atoms with Crippen LogP contribution in [0.1, 0.15) is 11.1 Å². The van der Waals surface area contributed by atoms with Crippen LogP contribution in [0.3, 0.4) is 0 Å². The second-order valence-electron chi connectivity index (χ2n) is 6.94. The van der Waals surface area contributed by atoms with Crippen molar-refractivity contribution in [2.75, 3.05) is 44.8 Å². The lowest BCUT2D eigenvalue weighted by molar-refractivity contribution is 0.148. The van der Waals surface area contributed by atoms with Crippen molar-refractivity contribution in [1.82, 2.24) is 15.1 Å².